The van der Waals surface area contributed by atoms with Gasteiger partial charge >= 0.3 is 0 Å². The first-order valence-corrected chi connectivity index (χ1v) is 4.74. The largest absolute Gasteiger partial charge is 0.299 e. The monoisotopic (exact) mass is 160 g/mol. The molecule has 0 unspecified atom stereocenters. The molecular formula is C11H12O. The van der Waals surface area contributed by atoms with Gasteiger partial charge in [0.15, 0.2) is 0 Å². The van der Waals surface area contributed by atoms with Gasteiger partial charge in [0.2, 0.25) is 0 Å². The Balaban J connectivity index is 2.05. The highest BCUT2D eigenvalue weighted by Crippen LogP contribution is 2.47. The predicted octanol–water partition coefficient (Wildman–Crippen LogP) is 1.95. The van der Waals surface area contributed by atoms with Gasteiger partial charge in [0.05, 0.1) is 0 Å². The van der Waals surface area contributed by atoms with Crippen molar-refractivity contribution in [2.45, 2.75) is 12.8 Å². The second kappa shape index (κ2) is 2.09. The third kappa shape index (κ3) is 0.669. The second-order valence-corrected chi connectivity index (χ2v) is 4.15. The first kappa shape index (κ1) is 6.64. The molecule has 0 aromatic heterocycles. The van der Waals surface area contributed by atoms with Gasteiger partial charge in [0.1, 0.15) is 5.78 Å². The minimum absolute atomic E-state index is 0.235. The Morgan fingerprint density at radius 2 is 2.17 bits per heavy atom. The van der Waals surface area contributed by atoms with E-state index in [0.717, 1.165) is 12.3 Å². The number of rotatable bonds is 0. The third-order valence-corrected chi connectivity index (χ3v) is 3.60. The summed E-state index contributed by atoms with van der Waals surface area (Å²) in [5, 5.41) is 0. The van der Waals surface area contributed by atoms with E-state index >= 15 is 0 Å². The van der Waals surface area contributed by atoms with Crippen LogP contribution in [-0.2, 0) is 4.79 Å². The van der Waals surface area contributed by atoms with Gasteiger partial charge in [-0.15, -0.1) is 0 Å². The van der Waals surface area contributed by atoms with Crippen molar-refractivity contribution in [1.29, 1.82) is 0 Å². The van der Waals surface area contributed by atoms with Crippen LogP contribution in [0.2, 0.25) is 0 Å². The van der Waals surface area contributed by atoms with Crippen LogP contribution in [0.1, 0.15) is 12.8 Å². The summed E-state index contributed by atoms with van der Waals surface area (Å²) in [7, 11) is 0. The van der Waals surface area contributed by atoms with Crippen molar-refractivity contribution in [3.05, 3.63) is 24.3 Å². The molecule has 0 radical (unpaired) electrons. The predicted molar refractivity (Wildman–Crippen MR) is 46.5 cm³/mol. The van der Waals surface area contributed by atoms with Crippen LogP contribution in [0, 0.1) is 23.7 Å². The van der Waals surface area contributed by atoms with Crippen LogP contribution in [-0.4, -0.2) is 5.78 Å². The SMILES string of the molecule is O=C1C[C@@H]2C=C[C@H]1[C@H]1C=CC[C@H]12. The minimum atomic E-state index is 0.235. The molecule has 4 aliphatic carbocycles. The molecule has 1 nitrogen and oxygen atoms in total. The minimum Gasteiger partial charge on any atom is -0.299 e. The number of allylic oxidation sites excluding steroid dienone is 4. The zero-order valence-corrected chi connectivity index (χ0v) is 6.94. The van der Waals surface area contributed by atoms with Crippen molar-refractivity contribution >= 4 is 5.78 Å². The fourth-order valence-electron chi connectivity index (χ4n) is 2.98. The van der Waals surface area contributed by atoms with Crippen LogP contribution in [0.25, 0.3) is 0 Å². The van der Waals surface area contributed by atoms with Crippen LogP contribution in [0.4, 0.5) is 0 Å². The molecule has 4 aliphatic rings. The molecule has 4 rings (SSSR count). The quantitative estimate of drug-likeness (QED) is 0.495. The van der Waals surface area contributed by atoms with E-state index in [2.05, 4.69) is 24.3 Å². The van der Waals surface area contributed by atoms with E-state index in [0.29, 0.717) is 17.6 Å². The summed E-state index contributed by atoms with van der Waals surface area (Å²) in [6.45, 7) is 0. The molecule has 4 atom stereocenters. The van der Waals surface area contributed by atoms with Crippen molar-refractivity contribution in [1.82, 2.24) is 0 Å². The first-order valence-electron chi connectivity index (χ1n) is 4.74. The van der Waals surface area contributed by atoms with E-state index in [1.54, 1.807) is 0 Å². The highest BCUT2D eigenvalue weighted by Gasteiger charge is 2.44. The van der Waals surface area contributed by atoms with E-state index in [1.807, 2.05) is 0 Å². The van der Waals surface area contributed by atoms with E-state index in [4.69, 9.17) is 0 Å². The average Bonchev–Trinajstić information content (AvgIpc) is 2.53. The molecule has 0 heterocycles. The molecule has 0 aromatic rings. The van der Waals surface area contributed by atoms with E-state index < -0.39 is 0 Å². The van der Waals surface area contributed by atoms with Gasteiger partial charge in [-0.3, -0.25) is 4.79 Å². The highest BCUT2D eigenvalue weighted by atomic mass is 16.1. The summed E-state index contributed by atoms with van der Waals surface area (Å²) < 4.78 is 0. The lowest BCUT2D eigenvalue weighted by molar-refractivity contribution is -0.127. The van der Waals surface area contributed by atoms with E-state index in [-0.39, 0.29) is 5.92 Å². The molecule has 0 amide bonds. The standard InChI is InChI=1S/C11H12O/c12-11-6-7-4-5-10(11)9-3-1-2-8(7)9/h1,3-5,7-10H,2,6H2/t7-,8-,9-,10-/m0/s1. The first-order chi connectivity index (χ1) is 5.86. The number of hydrogen-bond donors (Lipinski definition) is 0. The number of hydrogen-bond acceptors (Lipinski definition) is 1. The Morgan fingerprint density at radius 3 is 3.00 bits per heavy atom. The summed E-state index contributed by atoms with van der Waals surface area (Å²) in [5.41, 5.74) is 0. The zero-order chi connectivity index (χ0) is 8.13. The Hall–Kier alpha value is -0.850. The third-order valence-electron chi connectivity index (χ3n) is 3.60. The van der Waals surface area contributed by atoms with Gasteiger partial charge < -0.3 is 0 Å². The number of carbonyl (C=O) groups excluding carboxylic acids is 1. The van der Waals surface area contributed by atoms with Crippen molar-refractivity contribution in [3.8, 4) is 0 Å². The summed E-state index contributed by atoms with van der Waals surface area (Å²) in [6.07, 6.45) is 10.9. The molecule has 0 N–H and O–H groups in total. The summed E-state index contributed by atoms with van der Waals surface area (Å²) in [5.74, 6) is 2.58. The molecule has 1 fully saturated rings. The van der Waals surface area contributed by atoms with E-state index in [1.165, 1.54) is 6.42 Å². The van der Waals surface area contributed by atoms with Crippen LogP contribution >= 0.6 is 0 Å². The maximum atomic E-state index is 11.5. The molecule has 0 spiro atoms. The summed E-state index contributed by atoms with van der Waals surface area (Å²) in [4.78, 5) is 11.5. The fraction of sp³-hybridized carbons (Fsp3) is 0.545. The number of carbonyl (C=O) groups is 1. The fourth-order valence-corrected chi connectivity index (χ4v) is 2.98. The molecule has 0 saturated heterocycles. The van der Waals surface area contributed by atoms with Gasteiger partial charge in [-0.05, 0) is 24.2 Å². The van der Waals surface area contributed by atoms with Gasteiger partial charge in [0, 0.05) is 12.3 Å². The Kier molecular flexibility index (Phi) is 1.16. The molecule has 0 aromatic carbocycles. The Bertz CT molecular complexity index is 287. The van der Waals surface area contributed by atoms with Crippen LogP contribution in [0.3, 0.4) is 0 Å². The lowest BCUT2D eigenvalue weighted by atomic mass is 9.63. The van der Waals surface area contributed by atoms with Gasteiger partial charge in [-0.2, -0.15) is 0 Å². The molecular weight excluding hydrogens is 148 g/mol. The lowest BCUT2D eigenvalue weighted by Crippen LogP contribution is -2.39. The maximum absolute atomic E-state index is 11.5. The number of ketones is 1. The van der Waals surface area contributed by atoms with Crippen molar-refractivity contribution < 1.29 is 4.79 Å². The molecule has 62 valence electrons. The van der Waals surface area contributed by atoms with Gasteiger partial charge in [-0.1, -0.05) is 24.3 Å². The number of Topliss-reactive ketones (excluding diaryl/α,β-unsaturated/α-hetero) is 1. The Labute approximate surface area is 72.2 Å². The summed E-state index contributed by atoms with van der Waals surface area (Å²) >= 11 is 0. The maximum Gasteiger partial charge on any atom is 0.140 e. The van der Waals surface area contributed by atoms with Crippen molar-refractivity contribution in [2.24, 2.45) is 23.7 Å². The Morgan fingerprint density at radius 1 is 1.25 bits per heavy atom. The van der Waals surface area contributed by atoms with Gasteiger partial charge in [0.25, 0.3) is 0 Å². The normalized spacial score (nSPS) is 48.5. The smallest absolute Gasteiger partial charge is 0.140 e. The molecule has 2 bridgehead atoms. The molecule has 12 heavy (non-hydrogen) atoms. The average molecular weight is 160 g/mol. The van der Waals surface area contributed by atoms with Gasteiger partial charge in [-0.25, -0.2) is 0 Å². The number of fused-ring (bicyclic) bond motifs is 1. The lowest BCUT2D eigenvalue weighted by Gasteiger charge is -2.40. The van der Waals surface area contributed by atoms with Crippen molar-refractivity contribution in [2.75, 3.05) is 0 Å². The van der Waals surface area contributed by atoms with E-state index in [9.17, 15) is 4.79 Å². The second-order valence-electron chi connectivity index (χ2n) is 4.15. The molecule has 1 saturated carbocycles. The highest BCUT2D eigenvalue weighted by molar-refractivity contribution is 5.86. The topological polar surface area (TPSA) is 17.1 Å². The van der Waals surface area contributed by atoms with Crippen LogP contribution < -0.4 is 0 Å². The zero-order valence-electron chi connectivity index (χ0n) is 6.94. The molecule has 0 aliphatic heterocycles. The van der Waals surface area contributed by atoms with Crippen LogP contribution in [0.15, 0.2) is 24.3 Å². The van der Waals surface area contributed by atoms with Crippen LogP contribution in [0.5, 0.6) is 0 Å². The van der Waals surface area contributed by atoms with Crippen molar-refractivity contribution in [3.63, 3.8) is 0 Å². The summed E-state index contributed by atoms with van der Waals surface area (Å²) in [6, 6.07) is 0. The molecule has 1 heteroatoms.